The van der Waals surface area contributed by atoms with Gasteiger partial charge >= 0.3 is 0 Å². The van der Waals surface area contributed by atoms with Crippen LogP contribution in [0.25, 0.3) is 0 Å². The molecule has 0 atom stereocenters. The van der Waals surface area contributed by atoms with E-state index in [4.69, 9.17) is 21.6 Å². The van der Waals surface area contributed by atoms with Gasteiger partial charge in [-0.05, 0) is 31.2 Å². The first-order valence-corrected chi connectivity index (χ1v) is 6.00. The van der Waals surface area contributed by atoms with Crippen LogP contribution in [0.4, 0.5) is 0 Å². The second-order valence-electron chi connectivity index (χ2n) is 4.00. The Kier molecular flexibility index (Phi) is 3.87. The van der Waals surface area contributed by atoms with Crippen LogP contribution in [0.5, 0.6) is 11.5 Å². The summed E-state index contributed by atoms with van der Waals surface area (Å²) in [5.41, 5.74) is -0.0762. The highest BCUT2D eigenvalue weighted by Crippen LogP contribution is 2.26. The van der Waals surface area contributed by atoms with Crippen molar-refractivity contribution < 1.29 is 9.53 Å². The van der Waals surface area contributed by atoms with Gasteiger partial charge in [0.2, 0.25) is 5.75 Å². The molecular weight excluding hydrogens is 280 g/mol. The molecule has 2 rings (SSSR count). The van der Waals surface area contributed by atoms with Crippen LogP contribution in [0.2, 0.25) is 5.02 Å². The summed E-state index contributed by atoms with van der Waals surface area (Å²) < 4.78 is 5.42. The Labute approximate surface area is 119 Å². The van der Waals surface area contributed by atoms with Crippen LogP contribution in [0.15, 0.2) is 35.3 Å². The van der Waals surface area contributed by atoms with Crippen molar-refractivity contribution in [2.45, 2.75) is 6.92 Å². The fourth-order valence-corrected chi connectivity index (χ4v) is 1.87. The third kappa shape index (κ3) is 2.87. The molecule has 0 aliphatic rings. The number of Topliss-reactive ketones (excluding diaryl/α,β-unsaturated/α-hetero) is 1. The second kappa shape index (κ2) is 5.59. The van der Waals surface area contributed by atoms with E-state index in [1.165, 1.54) is 37.4 Å². The highest BCUT2D eigenvalue weighted by Gasteiger charge is 2.14. The minimum absolute atomic E-state index is 0.119. The maximum absolute atomic E-state index is 11.8. The van der Waals surface area contributed by atoms with Crippen molar-refractivity contribution in [3.63, 3.8) is 0 Å². The molecule has 1 aromatic heterocycles. The van der Waals surface area contributed by atoms with Crippen molar-refractivity contribution in [3.8, 4) is 17.6 Å². The fourth-order valence-electron chi connectivity index (χ4n) is 1.65. The monoisotopic (exact) mass is 288 g/mol. The molecule has 20 heavy (non-hydrogen) atoms. The normalized spacial score (nSPS) is 9.85. The Morgan fingerprint density at radius 1 is 1.40 bits per heavy atom. The summed E-state index contributed by atoms with van der Waals surface area (Å²) in [5.74, 6) is -0.201. The third-order valence-electron chi connectivity index (χ3n) is 2.51. The third-order valence-corrected chi connectivity index (χ3v) is 2.73. The number of hydrogen-bond acceptors (Lipinski definition) is 4. The van der Waals surface area contributed by atoms with Crippen LogP contribution in [-0.2, 0) is 0 Å². The van der Waals surface area contributed by atoms with Crippen molar-refractivity contribution >= 4 is 17.4 Å². The number of H-pyrrole nitrogens is 1. The fraction of sp³-hybridized carbons (Fsp3) is 0.0714. The SMILES string of the molecule is CC(=O)c1cc[nH]c(=O)c1Oc1cc(Cl)cc(C#N)c1. The lowest BCUT2D eigenvalue weighted by Gasteiger charge is -2.08. The number of rotatable bonds is 3. The topological polar surface area (TPSA) is 82.9 Å². The minimum atomic E-state index is -0.531. The van der Waals surface area contributed by atoms with E-state index in [0.29, 0.717) is 10.6 Å². The van der Waals surface area contributed by atoms with Crippen molar-refractivity contribution in [3.05, 3.63) is 57.0 Å². The Morgan fingerprint density at radius 3 is 2.80 bits per heavy atom. The Morgan fingerprint density at radius 2 is 2.15 bits per heavy atom. The number of carbonyl (C=O) groups excluding carboxylic acids is 1. The molecule has 1 heterocycles. The van der Waals surface area contributed by atoms with Gasteiger partial charge in [0.15, 0.2) is 5.78 Å². The molecular formula is C14H9ClN2O3. The molecule has 0 fully saturated rings. The van der Waals surface area contributed by atoms with Crippen LogP contribution in [0.3, 0.4) is 0 Å². The van der Waals surface area contributed by atoms with Gasteiger partial charge in [-0.2, -0.15) is 5.26 Å². The standard InChI is InChI=1S/C14H9ClN2O3/c1-8(18)12-2-3-17-14(19)13(12)20-11-5-9(7-16)4-10(15)6-11/h2-6H,1H3,(H,17,19). The van der Waals surface area contributed by atoms with E-state index in [9.17, 15) is 9.59 Å². The highest BCUT2D eigenvalue weighted by atomic mass is 35.5. The number of aromatic nitrogens is 1. The van der Waals surface area contributed by atoms with Crippen LogP contribution >= 0.6 is 11.6 Å². The number of aromatic amines is 1. The zero-order chi connectivity index (χ0) is 14.7. The van der Waals surface area contributed by atoms with Crippen LogP contribution in [0, 0.1) is 11.3 Å². The average molecular weight is 289 g/mol. The van der Waals surface area contributed by atoms with E-state index >= 15 is 0 Å². The number of ketones is 1. The van der Waals surface area contributed by atoms with E-state index < -0.39 is 5.56 Å². The highest BCUT2D eigenvalue weighted by molar-refractivity contribution is 6.30. The number of nitrogens with zero attached hydrogens (tertiary/aromatic N) is 1. The summed E-state index contributed by atoms with van der Waals surface area (Å²) in [5, 5.41) is 9.17. The van der Waals surface area contributed by atoms with Crippen LogP contribution < -0.4 is 10.3 Å². The molecule has 1 N–H and O–H groups in total. The van der Waals surface area contributed by atoms with Gasteiger partial charge in [-0.1, -0.05) is 11.6 Å². The van der Waals surface area contributed by atoms with Crippen LogP contribution in [-0.4, -0.2) is 10.8 Å². The summed E-state index contributed by atoms with van der Waals surface area (Å²) in [6, 6.07) is 7.74. The number of halogens is 1. The van der Waals surface area contributed by atoms with Gasteiger partial charge in [-0.3, -0.25) is 9.59 Å². The molecule has 0 bridgehead atoms. The molecule has 1 aromatic carbocycles. The number of nitriles is 1. The van der Waals surface area contributed by atoms with Gasteiger partial charge in [-0.25, -0.2) is 0 Å². The molecule has 0 saturated carbocycles. The van der Waals surface area contributed by atoms with Crippen molar-refractivity contribution in [1.82, 2.24) is 4.98 Å². The number of ether oxygens (including phenoxy) is 1. The number of carbonyl (C=O) groups is 1. The van der Waals surface area contributed by atoms with Gasteiger partial charge in [0.1, 0.15) is 5.75 Å². The molecule has 0 saturated heterocycles. The van der Waals surface area contributed by atoms with Gasteiger partial charge in [0.05, 0.1) is 17.2 Å². The van der Waals surface area contributed by atoms with Crippen molar-refractivity contribution in [2.24, 2.45) is 0 Å². The molecule has 6 heteroatoms. The Hall–Kier alpha value is -2.58. The number of nitrogens with one attached hydrogen (secondary N) is 1. The van der Waals surface area contributed by atoms with Crippen LogP contribution in [0.1, 0.15) is 22.8 Å². The van der Waals surface area contributed by atoms with E-state index in [1.54, 1.807) is 0 Å². The Balaban J connectivity index is 2.51. The minimum Gasteiger partial charge on any atom is -0.451 e. The van der Waals surface area contributed by atoms with Crippen molar-refractivity contribution in [2.75, 3.05) is 0 Å². The Bertz CT molecular complexity index is 775. The molecule has 0 radical (unpaired) electrons. The number of pyridine rings is 1. The van der Waals surface area contributed by atoms with Crippen molar-refractivity contribution in [1.29, 1.82) is 5.26 Å². The first-order chi connectivity index (χ1) is 9.51. The molecule has 0 aliphatic carbocycles. The lowest BCUT2D eigenvalue weighted by atomic mass is 10.2. The second-order valence-corrected chi connectivity index (χ2v) is 4.43. The predicted octanol–water partition coefficient (Wildman–Crippen LogP) is 2.89. The summed E-state index contributed by atoms with van der Waals surface area (Å²) in [4.78, 5) is 25.7. The summed E-state index contributed by atoms with van der Waals surface area (Å²) in [7, 11) is 0. The molecule has 5 nitrogen and oxygen atoms in total. The first-order valence-electron chi connectivity index (χ1n) is 5.62. The van der Waals surface area contributed by atoms with E-state index in [0.717, 1.165) is 0 Å². The maximum atomic E-state index is 11.8. The maximum Gasteiger partial charge on any atom is 0.291 e. The zero-order valence-electron chi connectivity index (χ0n) is 10.4. The molecule has 2 aromatic rings. The largest absolute Gasteiger partial charge is 0.451 e. The lowest BCUT2D eigenvalue weighted by Crippen LogP contribution is -2.12. The smallest absolute Gasteiger partial charge is 0.291 e. The summed E-state index contributed by atoms with van der Waals surface area (Å²) >= 11 is 5.85. The quantitative estimate of drug-likeness (QED) is 0.880. The molecule has 0 spiro atoms. The first kappa shape index (κ1) is 13.8. The van der Waals surface area contributed by atoms with E-state index in [1.807, 2.05) is 6.07 Å². The number of hydrogen-bond donors (Lipinski definition) is 1. The predicted molar refractivity (Wildman–Crippen MR) is 73.3 cm³/mol. The van der Waals surface area contributed by atoms with Gasteiger partial charge in [0, 0.05) is 11.2 Å². The molecule has 100 valence electrons. The summed E-state index contributed by atoms with van der Waals surface area (Å²) in [6.45, 7) is 1.33. The average Bonchev–Trinajstić information content (AvgIpc) is 2.40. The zero-order valence-corrected chi connectivity index (χ0v) is 11.2. The molecule has 0 amide bonds. The number of benzene rings is 1. The van der Waals surface area contributed by atoms with E-state index in [2.05, 4.69) is 4.98 Å². The molecule has 0 unspecified atom stereocenters. The van der Waals surface area contributed by atoms with Gasteiger partial charge in [-0.15, -0.1) is 0 Å². The van der Waals surface area contributed by atoms with Gasteiger partial charge < -0.3 is 9.72 Å². The van der Waals surface area contributed by atoms with Gasteiger partial charge in [0.25, 0.3) is 5.56 Å². The summed E-state index contributed by atoms with van der Waals surface area (Å²) in [6.07, 6.45) is 1.37. The lowest BCUT2D eigenvalue weighted by molar-refractivity contribution is 0.101. The van der Waals surface area contributed by atoms with E-state index in [-0.39, 0.29) is 22.8 Å². The molecule has 0 aliphatic heterocycles.